The third-order valence-electron chi connectivity index (χ3n) is 9.99. The Hall–Kier alpha value is -6.73. The van der Waals surface area contributed by atoms with Crippen molar-refractivity contribution in [2.24, 2.45) is 5.92 Å². The fourth-order valence-electron chi connectivity index (χ4n) is 6.37. The van der Waals surface area contributed by atoms with Crippen LogP contribution in [0.15, 0.2) is 53.2 Å². The molecule has 0 aliphatic carbocycles. The first-order valence-electron chi connectivity index (χ1n) is 21.6. The molecule has 2 aromatic heterocycles. The summed E-state index contributed by atoms with van der Waals surface area (Å²) in [4.78, 5) is 112. The number of unbranched alkanes of at least 4 members (excludes halogenated alkanes) is 4. The molecule has 20 heteroatoms. The lowest BCUT2D eigenvalue weighted by atomic mass is 9.90. The second-order valence-corrected chi connectivity index (χ2v) is 14.8. The van der Waals surface area contributed by atoms with Crippen molar-refractivity contribution >= 4 is 56.1 Å². The van der Waals surface area contributed by atoms with Gasteiger partial charge in [0.2, 0.25) is 12.3 Å². The fourth-order valence-corrected chi connectivity index (χ4v) is 6.37. The number of aromatic nitrogens is 1. The molecule has 0 aliphatic heterocycles. The number of nitrogens with one attached hydrogen (secondary N) is 3. The van der Waals surface area contributed by atoms with Crippen molar-refractivity contribution in [1.29, 1.82) is 0 Å². The van der Waals surface area contributed by atoms with Gasteiger partial charge in [0.1, 0.15) is 17.6 Å². The van der Waals surface area contributed by atoms with E-state index in [0.29, 0.717) is 43.2 Å². The monoisotopic (exact) mass is 903 g/mol. The van der Waals surface area contributed by atoms with Crippen molar-refractivity contribution in [3.63, 3.8) is 0 Å². The Morgan fingerprint density at radius 1 is 0.846 bits per heavy atom. The lowest BCUT2D eigenvalue weighted by Crippen LogP contribution is -2.49. The molecule has 0 unspecified atom stereocenters. The molecule has 0 saturated heterocycles. The number of benzene rings is 1. The zero-order valence-electron chi connectivity index (χ0n) is 37.5. The molecule has 2 radical (unpaired) electrons. The minimum atomic E-state index is -1.53. The molecule has 4 amide bonds. The zero-order valence-corrected chi connectivity index (χ0v) is 37.5. The van der Waals surface area contributed by atoms with E-state index in [9.17, 15) is 38.4 Å². The van der Waals surface area contributed by atoms with Crippen LogP contribution in [0, 0.1) is 12.8 Å². The average Bonchev–Trinajstić information content (AvgIpc) is 3.80. The molecule has 19 nitrogen and oxygen atoms in total. The van der Waals surface area contributed by atoms with Gasteiger partial charge in [-0.3, -0.25) is 33.8 Å². The summed E-state index contributed by atoms with van der Waals surface area (Å²) < 4.78 is 26.1. The van der Waals surface area contributed by atoms with Crippen LogP contribution in [0.2, 0.25) is 0 Å². The van der Waals surface area contributed by atoms with E-state index < -0.39 is 72.6 Å². The topological polar surface area (TPSA) is 248 Å². The minimum Gasteiger partial charge on any atom is -0.542 e. The van der Waals surface area contributed by atoms with Crippen LogP contribution in [0.3, 0.4) is 0 Å². The van der Waals surface area contributed by atoms with Gasteiger partial charge in [-0.15, -0.1) is 0 Å². The van der Waals surface area contributed by atoms with Crippen LogP contribution in [0.1, 0.15) is 129 Å². The van der Waals surface area contributed by atoms with Crippen LogP contribution in [0.5, 0.6) is 5.75 Å². The number of furan rings is 1. The molecule has 0 fully saturated rings. The molecule has 350 valence electrons. The maximum atomic E-state index is 13.7. The molecule has 0 bridgehead atoms. The zero-order chi connectivity index (χ0) is 47.7. The second kappa shape index (κ2) is 28.1. The van der Waals surface area contributed by atoms with Crippen LogP contribution in [-0.4, -0.2) is 105 Å². The Morgan fingerprint density at radius 2 is 1.55 bits per heavy atom. The molecule has 1 aromatic carbocycles. The van der Waals surface area contributed by atoms with E-state index in [-0.39, 0.29) is 54.7 Å². The largest absolute Gasteiger partial charge is 0.542 e. The molecule has 3 N–H and O–H groups in total. The number of rotatable bonds is 29. The van der Waals surface area contributed by atoms with Crippen molar-refractivity contribution in [1.82, 2.24) is 26.0 Å². The SMILES string of the molecule is [B]OC(=O)[C@H](CC(=O)OCCCC)NC(=O)c1ccc(-c2ccc(C(=O)NCNC(=O)[C@H](CCCCC)[C@@H](CC)N(C=O)OC(=O)c3ccncc3C)o2)cc1OCC(=O)OCCCC. The van der Waals surface area contributed by atoms with Gasteiger partial charge in [-0.25, -0.2) is 9.59 Å². The summed E-state index contributed by atoms with van der Waals surface area (Å²) in [6.45, 7) is 8.63. The van der Waals surface area contributed by atoms with Crippen molar-refractivity contribution in [2.75, 3.05) is 26.5 Å². The van der Waals surface area contributed by atoms with Gasteiger partial charge in [-0.1, -0.05) is 65.9 Å². The lowest BCUT2D eigenvalue weighted by Gasteiger charge is -2.32. The summed E-state index contributed by atoms with van der Waals surface area (Å²) in [7, 11) is 5.07. The van der Waals surface area contributed by atoms with Gasteiger partial charge in [0.15, 0.2) is 12.4 Å². The van der Waals surface area contributed by atoms with Crippen LogP contribution < -0.4 is 20.7 Å². The van der Waals surface area contributed by atoms with Gasteiger partial charge >= 0.3 is 31.9 Å². The summed E-state index contributed by atoms with van der Waals surface area (Å²) in [5.41, 5.74) is 0.915. The number of hydroxylamine groups is 2. The first-order valence-corrected chi connectivity index (χ1v) is 21.6. The third kappa shape index (κ3) is 16.7. The van der Waals surface area contributed by atoms with E-state index in [4.69, 9.17) is 31.5 Å². The molecular formula is C45H58BN5O14. The van der Waals surface area contributed by atoms with Gasteiger partial charge in [0.05, 0.1) is 49.4 Å². The number of aryl methyl sites for hydroxylation is 1. The number of esters is 2. The van der Waals surface area contributed by atoms with Crippen molar-refractivity contribution in [3.8, 4) is 17.1 Å². The Balaban J connectivity index is 1.77. The molecule has 0 saturated carbocycles. The summed E-state index contributed by atoms with van der Waals surface area (Å²) in [5.74, 6) is -6.39. The first-order chi connectivity index (χ1) is 31.3. The standard InChI is InChI=1S/C45H58BN5O14/c1-6-10-13-14-32(35(9-4)51(28-52)65-44(58)31-19-20-47-25-29(31)5)41(55)48-27-49-43(57)37-18-17-36(63-37)30-15-16-33(38(23-30)62-26-40(54)61-22-12-8-3)42(56)50-34(45(59)64-46)24-39(53)60-21-11-7-2/h15-20,23,25,28,32,34-35H,6-14,21-22,24,26-27H2,1-5H3,(H,48,55)(H,49,57)(H,50,56)/t32-,34+,35-/m1/s1. The molecule has 65 heavy (non-hydrogen) atoms. The van der Waals surface area contributed by atoms with Gasteiger partial charge in [-0.2, -0.15) is 5.06 Å². The highest BCUT2D eigenvalue weighted by Crippen LogP contribution is 2.30. The Kier molecular flexibility index (Phi) is 22.8. The highest BCUT2D eigenvalue weighted by Gasteiger charge is 2.34. The van der Waals surface area contributed by atoms with E-state index in [1.807, 2.05) is 20.8 Å². The van der Waals surface area contributed by atoms with Crippen molar-refractivity contribution < 1.29 is 66.5 Å². The molecule has 3 rings (SSSR count). The number of nitrogens with zero attached hydrogens (tertiary/aromatic N) is 2. The highest BCUT2D eigenvalue weighted by molar-refractivity contribution is 6.08. The summed E-state index contributed by atoms with van der Waals surface area (Å²) in [6, 6.07) is 6.12. The maximum absolute atomic E-state index is 13.7. The molecule has 2 heterocycles. The Labute approximate surface area is 379 Å². The molecule has 0 aliphatic rings. The van der Waals surface area contributed by atoms with Crippen LogP contribution >= 0.6 is 0 Å². The fraction of sp³-hybridized carbons (Fsp3) is 0.489. The molecule has 0 spiro atoms. The summed E-state index contributed by atoms with van der Waals surface area (Å²) in [5, 5.41) is 8.52. The number of hydrogen-bond acceptors (Lipinski definition) is 15. The van der Waals surface area contributed by atoms with E-state index in [2.05, 4.69) is 25.6 Å². The molecule has 3 atom stereocenters. The van der Waals surface area contributed by atoms with E-state index >= 15 is 0 Å². The number of hydrogen-bond donors (Lipinski definition) is 3. The third-order valence-corrected chi connectivity index (χ3v) is 9.99. The summed E-state index contributed by atoms with van der Waals surface area (Å²) in [6.07, 6.45) is 8.44. The number of carbonyl (C=O) groups excluding carboxylic acids is 8. The van der Waals surface area contributed by atoms with E-state index in [0.717, 1.165) is 30.7 Å². The van der Waals surface area contributed by atoms with Crippen molar-refractivity contribution in [2.45, 2.75) is 111 Å². The van der Waals surface area contributed by atoms with Crippen molar-refractivity contribution in [3.05, 3.63) is 71.2 Å². The van der Waals surface area contributed by atoms with Crippen LogP contribution in [0.25, 0.3) is 11.3 Å². The maximum Gasteiger partial charge on any atom is 0.378 e. The highest BCUT2D eigenvalue weighted by atomic mass is 16.7. The smallest absolute Gasteiger partial charge is 0.378 e. The van der Waals surface area contributed by atoms with Crippen LogP contribution in [0.4, 0.5) is 0 Å². The number of amides is 4. The minimum absolute atomic E-state index is 0.116. The molecule has 3 aromatic rings. The predicted molar refractivity (Wildman–Crippen MR) is 234 cm³/mol. The second-order valence-electron chi connectivity index (χ2n) is 14.8. The number of pyridine rings is 1. The van der Waals surface area contributed by atoms with Gasteiger partial charge < -0.3 is 44.1 Å². The number of carbonyl (C=O) groups is 8. The molecular weight excluding hydrogens is 845 g/mol. The average molecular weight is 904 g/mol. The van der Waals surface area contributed by atoms with E-state index in [1.165, 1.54) is 48.8 Å². The first kappa shape index (κ1) is 52.6. The number of ether oxygens (including phenoxy) is 3. The van der Waals surface area contributed by atoms with Gasteiger partial charge in [0.25, 0.3) is 11.8 Å². The summed E-state index contributed by atoms with van der Waals surface area (Å²) >= 11 is 0. The van der Waals surface area contributed by atoms with E-state index in [1.54, 1.807) is 13.8 Å². The van der Waals surface area contributed by atoms with Gasteiger partial charge in [0, 0.05) is 18.0 Å². The predicted octanol–water partition coefficient (Wildman–Crippen LogP) is 4.84. The van der Waals surface area contributed by atoms with Crippen LogP contribution in [-0.2, 0) is 42.9 Å². The Morgan fingerprint density at radius 3 is 2.20 bits per heavy atom. The quantitative estimate of drug-likeness (QED) is 0.0211. The lowest BCUT2D eigenvalue weighted by molar-refractivity contribution is -0.171. The Bertz CT molecular complexity index is 2080. The normalized spacial score (nSPS) is 12.1. The van der Waals surface area contributed by atoms with Gasteiger partial charge in [-0.05, 0) is 68.5 Å².